The fraction of sp³-hybridized carbons (Fsp3) is 0.412. The van der Waals surface area contributed by atoms with Crippen LogP contribution in [0.15, 0.2) is 35.1 Å². The van der Waals surface area contributed by atoms with Crippen LogP contribution in [0.1, 0.15) is 33.3 Å². The minimum atomic E-state index is -0.510. The third-order valence-electron chi connectivity index (χ3n) is 4.61. The lowest BCUT2D eigenvalue weighted by atomic mass is 9.77. The Labute approximate surface area is 135 Å². The van der Waals surface area contributed by atoms with Crippen molar-refractivity contribution in [3.05, 3.63) is 40.7 Å². The van der Waals surface area contributed by atoms with Crippen LogP contribution in [0.3, 0.4) is 0 Å². The van der Waals surface area contributed by atoms with E-state index >= 15 is 0 Å². The molecule has 1 fully saturated rings. The molecule has 1 aliphatic heterocycles. The van der Waals surface area contributed by atoms with Gasteiger partial charge >= 0.3 is 7.12 Å². The van der Waals surface area contributed by atoms with Crippen molar-refractivity contribution in [2.75, 3.05) is 6.61 Å². The van der Waals surface area contributed by atoms with Crippen LogP contribution in [0.5, 0.6) is 0 Å². The molecule has 2 heterocycles. The molecule has 1 N–H and O–H groups in total. The van der Waals surface area contributed by atoms with Gasteiger partial charge in [-0.15, -0.1) is 11.3 Å². The molecule has 0 spiro atoms. The molecule has 2 aromatic rings. The van der Waals surface area contributed by atoms with Crippen LogP contribution >= 0.6 is 11.3 Å². The van der Waals surface area contributed by atoms with Crippen molar-refractivity contribution in [3.8, 4) is 0 Å². The number of hydrogen-bond donors (Lipinski definition) is 1. The van der Waals surface area contributed by atoms with Crippen molar-refractivity contribution in [3.63, 3.8) is 0 Å². The van der Waals surface area contributed by atoms with Gasteiger partial charge in [-0.3, -0.25) is 0 Å². The highest BCUT2D eigenvalue weighted by atomic mass is 32.1. The summed E-state index contributed by atoms with van der Waals surface area (Å²) in [7, 11) is -0.510. The van der Waals surface area contributed by atoms with Crippen LogP contribution in [0.2, 0.25) is 0 Å². The van der Waals surface area contributed by atoms with E-state index in [0.717, 1.165) is 11.0 Å². The topological polar surface area (TPSA) is 38.7 Å². The van der Waals surface area contributed by atoms with E-state index in [4.69, 9.17) is 9.31 Å². The largest absolute Gasteiger partial charge is 0.492 e. The Balaban J connectivity index is 1.97. The quantitative estimate of drug-likeness (QED) is 0.873. The second-order valence-corrected chi connectivity index (χ2v) is 7.59. The molecular weight excluding hydrogens is 295 g/mol. The highest BCUT2D eigenvalue weighted by Crippen LogP contribution is 2.39. The summed E-state index contributed by atoms with van der Waals surface area (Å²) in [4.78, 5) is 0. The van der Waals surface area contributed by atoms with Gasteiger partial charge in [-0.05, 0) is 61.6 Å². The Kier molecular flexibility index (Phi) is 3.93. The predicted octanol–water partition coefficient (Wildman–Crippen LogP) is 3.91. The van der Waals surface area contributed by atoms with E-state index in [0.29, 0.717) is 0 Å². The predicted molar refractivity (Wildman–Crippen MR) is 93.0 cm³/mol. The Morgan fingerprint density at radius 2 is 1.86 bits per heavy atom. The van der Waals surface area contributed by atoms with Gasteiger partial charge in [0.1, 0.15) is 0 Å². The van der Waals surface area contributed by atoms with Crippen LogP contribution in [-0.2, 0) is 9.31 Å². The van der Waals surface area contributed by atoms with Gasteiger partial charge in [0, 0.05) is 4.70 Å². The first-order chi connectivity index (χ1) is 10.3. The summed E-state index contributed by atoms with van der Waals surface area (Å²) in [5, 5.41) is 13.1. The number of hydrogen-bond acceptors (Lipinski definition) is 4. The molecule has 3 rings (SSSR count). The van der Waals surface area contributed by atoms with E-state index in [9.17, 15) is 5.11 Å². The third kappa shape index (κ3) is 2.63. The fourth-order valence-electron chi connectivity index (χ4n) is 2.53. The SMILES string of the molecule is CC1(C)OB(C(=Cc2cccc3sccc23)CO)OC1(C)C. The first-order valence-electron chi connectivity index (χ1n) is 7.47. The Bertz CT molecular complexity index is 702. The number of benzene rings is 1. The molecule has 116 valence electrons. The zero-order valence-electron chi connectivity index (χ0n) is 13.4. The minimum absolute atomic E-state index is 0.0860. The molecule has 0 atom stereocenters. The number of fused-ring (bicyclic) bond motifs is 1. The second kappa shape index (κ2) is 5.50. The smallest absolute Gasteiger partial charge is 0.400 e. The average Bonchev–Trinajstić information content (AvgIpc) is 2.99. The number of aliphatic hydroxyl groups is 1. The monoisotopic (exact) mass is 316 g/mol. The van der Waals surface area contributed by atoms with Gasteiger partial charge in [0.15, 0.2) is 0 Å². The molecule has 0 unspecified atom stereocenters. The summed E-state index contributed by atoms with van der Waals surface area (Å²) in [6.45, 7) is 7.98. The summed E-state index contributed by atoms with van der Waals surface area (Å²) >= 11 is 1.71. The molecule has 0 radical (unpaired) electrons. The summed E-state index contributed by atoms with van der Waals surface area (Å²) < 4.78 is 13.3. The molecular formula is C17H21BO3S. The van der Waals surface area contributed by atoms with Crippen molar-refractivity contribution in [1.29, 1.82) is 0 Å². The van der Waals surface area contributed by atoms with Crippen LogP contribution < -0.4 is 0 Å². The molecule has 1 aromatic heterocycles. The van der Waals surface area contributed by atoms with Gasteiger partial charge < -0.3 is 14.4 Å². The van der Waals surface area contributed by atoms with Crippen molar-refractivity contribution >= 4 is 34.6 Å². The normalized spacial score (nSPS) is 20.8. The van der Waals surface area contributed by atoms with E-state index in [-0.39, 0.29) is 6.61 Å². The van der Waals surface area contributed by atoms with Gasteiger partial charge in [-0.1, -0.05) is 18.2 Å². The van der Waals surface area contributed by atoms with Gasteiger partial charge in [-0.25, -0.2) is 0 Å². The molecule has 1 aliphatic rings. The maximum atomic E-state index is 9.79. The van der Waals surface area contributed by atoms with Gasteiger partial charge in [0.05, 0.1) is 17.8 Å². The number of thiophene rings is 1. The molecule has 0 saturated carbocycles. The van der Waals surface area contributed by atoms with E-state index < -0.39 is 18.3 Å². The molecule has 0 amide bonds. The zero-order valence-corrected chi connectivity index (χ0v) is 14.2. The maximum Gasteiger partial charge on any atom is 0.492 e. The number of rotatable bonds is 3. The summed E-state index contributed by atoms with van der Waals surface area (Å²) in [6, 6.07) is 8.29. The van der Waals surface area contributed by atoms with E-state index in [1.807, 2.05) is 39.8 Å². The van der Waals surface area contributed by atoms with E-state index in [2.05, 4.69) is 23.6 Å². The van der Waals surface area contributed by atoms with E-state index in [1.54, 1.807) is 11.3 Å². The molecule has 1 saturated heterocycles. The highest BCUT2D eigenvalue weighted by Gasteiger charge is 2.52. The first kappa shape index (κ1) is 15.7. The molecule has 0 bridgehead atoms. The van der Waals surface area contributed by atoms with Crippen LogP contribution in [0.25, 0.3) is 16.2 Å². The van der Waals surface area contributed by atoms with Crippen molar-refractivity contribution < 1.29 is 14.4 Å². The van der Waals surface area contributed by atoms with Crippen LogP contribution in [-0.4, -0.2) is 30.0 Å². The van der Waals surface area contributed by atoms with Crippen molar-refractivity contribution in [2.24, 2.45) is 0 Å². The van der Waals surface area contributed by atoms with Crippen molar-refractivity contribution in [2.45, 2.75) is 38.9 Å². The Morgan fingerprint density at radius 1 is 1.18 bits per heavy atom. The van der Waals surface area contributed by atoms with Crippen LogP contribution in [0, 0.1) is 0 Å². The zero-order chi connectivity index (χ0) is 16.0. The lowest BCUT2D eigenvalue weighted by Gasteiger charge is -2.32. The fourth-order valence-corrected chi connectivity index (χ4v) is 3.35. The average molecular weight is 316 g/mol. The molecule has 1 aromatic carbocycles. The standard InChI is InChI=1S/C17H21BO3S/c1-16(2)17(3,4)21-18(20-16)13(11-19)10-12-6-5-7-15-14(12)8-9-22-15/h5-10,19H,11H2,1-4H3. The Hall–Kier alpha value is -1.14. The third-order valence-corrected chi connectivity index (χ3v) is 5.49. The van der Waals surface area contributed by atoms with Crippen LogP contribution in [0.4, 0.5) is 0 Å². The van der Waals surface area contributed by atoms with Crippen molar-refractivity contribution in [1.82, 2.24) is 0 Å². The minimum Gasteiger partial charge on any atom is -0.400 e. The van der Waals surface area contributed by atoms with Gasteiger partial charge in [0.2, 0.25) is 0 Å². The maximum absolute atomic E-state index is 9.79. The molecule has 0 aliphatic carbocycles. The molecule has 3 nitrogen and oxygen atoms in total. The number of aliphatic hydroxyl groups excluding tert-OH is 1. The van der Waals surface area contributed by atoms with E-state index in [1.165, 1.54) is 10.1 Å². The second-order valence-electron chi connectivity index (χ2n) is 6.65. The Morgan fingerprint density at radius 3 is 2.50 bits per heavy atom. The molecule has 5 heteroatoms. The van der Waals surface area contributed by atoms with Gasteiger partial charge in [-0.2, -0.15) is 0 Å². The highest BCUT2D eigenvalue weighted by molar-refractivity contribution is 7.17. The summed E-state index contributed by atoms with van der Waals surface area (Å²) in [6.07, 6.45) is 1.98. The lowest BCUT2D eigenvalue weighted by Crippen LogP contribution is -2.41. The van der Waals surface area contributed by atoms with Gasteiger partial charge in [0.25, 0.3) is 0 Å². The lowest BCUT2D eigenvalue weighted by molar-refractivity contribution is 0.00578. The molecule has 22 heavy (non-hydrogen) atoms. The summed E-state index contributed by atoms with van der Waals surface area (Å²) in [5.41, 5.74) is 1.02. The first-order valence-corrected chi connectivity index (χ1v) is 8.35. The summed E-state index contributed by atoms with van der Waals surface area (Å²) in [5.74, 6) is 0.